The van der Waals surface area contributed by atoms with Gasteiger partial charge in [0, 0.05) is 24.2 Å². The summed E-state index contributed by atoms with van der Waals surface area (Å²) in [6.07, 6.45) is 4.44. The summed E-state index contributed by atoms with van der Waals surface area (Å²) in [6, 6.07) is 6.65. The predicted octanol–water partition coefficient (Wildman–Crippen LogP) is 2.46. The van der Waals surface area contributed by atoms with E-state index in [-0.39, 0.29) is 0 Å². The molecule has 0 aliphatic heterocycles. The minimum atomic E-state index is 0.736. The maximum atomic E-state index is 4.57. The molecule has 4 heteroatoms. The van der Waals surface area contributed by atoms with Crippen LogP contribution in [0.3, 0.4) is 0 Å². The number of nitrogens with one attached hydrogen (secondary N) is 1. The normalized spacial score (nSPS) is 15.2. The first-order chi connectivity index (χ1) is 7.92. The van der Waals surface area contributed by atoms with Gasteiger partial charge in [-0.25, -0.2) is 4.98 Å². The maximum Gasteiger partial charge on any atom is 0.142 e. The number of nitrogens with zero attached hydrogens (tertiary/aromatic N) is 2. The second-order valence-corrected chi connectivity index (χ2v) is 4.87. The molecular formula is C12H13N3S. The largest absolute Gasteiger partial charge is 0.308 e. The Kier molecular flexibility index (Phi) is 2.68. The number of hydrogen-bond donors (Lipinski definition) is 1. The zero-order valence-corrected chi connectivity index (χ0v) is 9.70. The molecule has 3 nitrogen and oxygen atoms in total. The Balaban J connectivity index is 1.71. The van der Waals surface area contributed by atoms with Gasteiger partial charge in [0.05, 0.1) is 11.4 Å². The van der Waals surface area contributed by atoms with E-state index in [1.165, 1.54) is 12.8 Å². The zero-order valence-electron chi connectivity index (χ0n) is 8.89. The standard InChI is InChI=1S/C12H13N3S/c1-2-6-13-11(3-1)12-15-10(8-16-12)7-14-9-4-5-9/h1-3,6,8-9,14H,4-5,7H2. The molecule has 0 amide bonds. The van der Waals surface area contributed by atoms with E-state index >= 15 is 0 Å². The SMILES string of the molecule is c1ccc(-c2nc(CNC3CC3)cs2)nc1. The van der Waals surface area contributed by atoms with Gasteiger partial charge in [0.2, 0.25) is 0 Å². The van der Waals surface area contributed by atoms with Crippen LogP contribution in [0, 0.1) is 0 Å². The monoisotopic (exact) mass is 231 g/mol. The van der Waals surface area contributed by atoms with Crippen molar-refractivity contribution in [2.24, 2.45) is 0 Å². The summed E-state index contributed by atoms with van der Waals surface area (Å²) in [4.78, 5) is 8.87. The molecule has 1 aliphatic rings. The van der Waals surface area contributed by atoms with Crippen molar-refractivity contribution in [1.29, 1.82) is 0 Å². The van der Waals surface area contributed by atoms with Crippen molar-refractivity contribution in [3.63, 3.8) is 0 Å². The van der Waals surface area contributed by atoms with Gasteiger partial charge in [0.25, 0.3) is 0 Å². The first-order valence-corrected chi connectivity index (χ1v) is 6.39. The van der Waals surface area contributed by atoms with Crippen LogP contribution in [0.15, 0.2) is 29.8 Å². The van der Waals surface area contributed by atoms with Crippen LogP contribution in [0.4, 0.5) is 0 Å². The molecule has 0 unspecified atom stereocenters. The lowest BCUT2D eigenvalue weighted by Gasteiger charge is -1.97. The fourth-order valence-corrected chi connectivity index (χ4v) is 2.33. The summed E-state index contributed by atoms with van der Waals surface area (Å²) >= 11 is 1.66. The number of rotatable bonds is 4. The van der Waals surface area contributed by atoms with Crippen LogP contribution < -0.4 is 5.32 Å². The molecule has 1 fully saturated rings. The molecule has 1 N–H and O–H groups in total. The van der Waals surface area contributed by atoms with Gasteiger partial charge in [-0.05, 0) is 25.0 Å². The van der Waals surface area contributed by atoms with Crippen LogP contribution in [0.5, 0.6) is 0 Å². The number of aromatic nitrogens is 2. The molecule has 2 aromatic heterocycles. The van der Waals surface area contributed by atoms with E-state index in [4.69, 9.17) is 0 Å². The van der Waals surface area contributed by atoms with Gasteiger partial charge in [0.15, 0.2) is 0 Å². The first-order valence-electron chi connectivity index (χ1n) is 5.51. The minimum Gasteiger partial charge on any atom is -0.308 e. The summed E-state index contributed by atoms with van der Waals surface area (Å²) < 4.78 is 0. The van der Waals surface area contributed by atoms with Gasteiger partial charge in [-0.3, -0.25) is 4.98 Å². The van der Waals surface area contributed by atoms with E-state index < -0.39 is 0 Å². The quantitative estimate of drug-likeness (QED) is 0.878. The minimum absolute atomic E-state index is 0.736. The van der Waals surface area contributed by atoms with Crippen molar-refractivity contribution >= 4 is 11.3 Å². The molecule has 0 aromatic carbocycles. The topological polar surface area (TPSA) is 37.8 Å². The highest BCUT2D eigenvalue weighted by atomic mass is 32.1. The zero-order chi connectivity index (χ0) is 10.8. The molecular weight excluding hydrogens is 218 g/mol. The third-order valence-corrected chi connectivity index (χ3v) is 3.50. The van der Waals surface area contributed by atoms with Crippen molar-refractivity contribution in [1.82, 2.24) is 15.3 Å². The molecule has 2 aromatic rings. The Morgan fingerprint density at radius 3 is 3.06 bits per heavy atom. The van der Waals surface area contributed by atoms with Crippen LogP contribution in [0.1, 0.15) is 18.5 Å². The molecule has 82 valence electrons. The Hall–Kier alpha value is -1.26. The van der Waals surface area contributed by atoms with Crippen molar-refractivity contribution in [3.05, 3.63) is 35.5 Å². The molecule has 1 aliphatic carbocycles. The van der Waals surface area contributed by atoms with E-state index in [9.17, 15) is 0 Å². The lowest BCUT2D eigenvalue weighted by molar-refractivity contribution is 0.678. The highest BCUT2D eigenvalue weighted by Crippen LogP contribution is 2.23. The molecule has 0 radical (unpaired) electrons. The maximum absolute atomic E-state index is 4.57. The van der Waals surface area contributed by atoms with E-state index in [1.807, 2.05) is 18.2 Å². The molecule has 2 heterocycles. The molecule has 1 saturated carbocycles. The average Bonchev–Trinajstić information content (AvgIpc) is 3.05. The predicted molar refractivity (Wildman–Crippen MR) is 65.2 cm³/mol. The summed E-state index contributed by atoms with van der Waals surface area (Å²) in [7, 11) is 0. The molecule has 16 heavy (non-hydrogen) atoms. The second-order valence-electron chi connectivity index (χ2n) is 4.01. The highest BCUT2D eigenvalue weighted by molar-refractivity contribution is 7.13. The molecule has 0 bridgehead atoms. The van der Waals surface area contributed by atoms with E-state index in [2.05, 4.69) is 20.7 Å². The van der Waals surface area contributed by atoms with E-state index in [1.54, 1.807) is 17.5 Å². The molecule has 3 rings (SSSR count). The van der Waals surface area contributed by atoms with Gasteiger partial charge in [-0.15, -0.1) is 11.3 Å². The number of hydrogen-bond acceptors (Lipinski definition) is 4. The fourth-order valence-electron chi connectivity index (χ4n) is 1.53. The van der Waals surface area contributed by atoms with Gasteiger partial charge in [0.1, 0.15) is 5.01 Å². The van der Waals surface area contributed by atoms with Gasteiger partial charge < -0.3 is 5.32 Å². The number of thiazole rings is 1. The van der Waals surface area contributed by atoms with E-state index in [0.717, 1.165) is 29.0 Å². The highest BCUT2D eigenvalue weighted by Gasteiger charge is 2.20. The third kappa shape index (κ3) is 2.28. The lowest BCUT2D eigenvalue weighted by Crippen LogP contribution is -2.15. The first kappa shape index (κ1) is 9.93. The van der Waals surface area contributed by atoms with Crippen molar-refractivity contribution in [3.8, 4) is 10.7 Å². The van der Waals surface area contributed by atoms with Crippen molar-refractivity contribution in [2.45, 2.75) is 25.4 Å². The van der Waals surface area contributed by atoms with Crippen LogP contribution in [-0.2, 0) is 6.54 Å². The second kappa shape index (κ2) is 4.31. The van der Waals surface area contributed by atoms with Gasteiger partial charge in [-0.1, -0.05) is 6.07 Å². The fraction of sp³-hybridized carbons (Fsp3) is 0.333. The lowest BCUT2D eigenvalue weighted by atomic mass is 10.3. The van der Waals surface area contributed by atoms with Crippen LogP contribution in [0.2, 0.25) is 0 Å². The average molecular weight is 231 g/mol. The van der Waals surface area contributed by atoms with Crippen molar-refractivity contribution in [2.75, 3.05) is 0 Å². The summed E-state index contributed by atoms with van der Waals surface area (Å²) in [5, 5.41) is 6.58. The van der Waals surface area contributed by atoms with Crippen LogP contribution >= 0.6 is 11.3 Å². The summed E-state index contributed by atoms with van der Waals surface area (Å²) in [5.74, 6) is 0. The Morgan fingerprint density at radius 2 is 2.31 bits per heavy atom. The third-order valence-electron chi connectivity index (χ3n) is 2.58. The Bertz CT molecular complexity index is 462. The Morgan fingerprint density at radius 1 is 1.38 bits per heavy atom. The summed E-state index contributed by atoms with van der Waals surface area (Å²) in [6.45, 7) is 0.883. The van der Waals surface area contributed by atoms with Gasteiger partial charge >= 0.3 is 0 Å². The van der Waals surface area contributed by atoms with Crippen molar-refractivity contribution < 1.29 is 0 Å². The van der Waals surface area contributed by atoms with E-state index in [0.29, 0.717) is 0 Å². The molecule has 0 saturated heterocycles. The van der Waals surface area contributed by atoms with Crippen LogP contribution in [0.25, 0.3) is 10.7 Å². The van der Waals surface area contributed by atoms with Crippen LogP contribution in [-0.4, -0.2) is 16.0 Å². The smallest absolute Gasteiger partial charge is 0.142 e. The molecule has 0 spiro atoms. The Labute approximate surface area is 98.6 Å². The van der Waals surface area contributed by atoms with Gasteiger partial charge in [-0.2, -0.15) is 0 Å². The molecule has 0 atom stereocenters. The number of pyridine rings is 1. The summed E-state index contributed by atoms with van der Waals surface area (Å²) in [5.41, 5.74) is 2.09.